The Kier molecular flexibility index (Phi) is 6.12. The average molecular weight is 458 g/mol. The molecule has 2 amide bonds. The highest BCUT2D eigenvalue weighted by Crippen LogP contribution is 2.30. The minimum Gasteiger partial charge on any atom is -0.357 e. The summed E-state index contributed by atoms with van der Waals surface area (Å²) in [5.41, 5.74) is 3.01. The van der Waals surface area contributed by atoms with Gasteiger partial charge in [0.15, 0.2) is 0 Å². The van der Waals surface area contributed by atoms with Crippen molar-refractivity contribution in [3.05, 3.63) is 82.0 Å². The van der Waals surface area contributed by atoms with Crippen molar-refractivity contribution in [3.63, 3.8) is 0 Å². The van der Waals surface area contributed by atoms with E-state index < -0.39 is 5.91 Å². The van der Waals surface area contributed by atoms with Gasteiger partial charge in [-0.2, -0.15) is 0 Å². The summed E-state index contributed by atoms with van der Waals surface area (Å²) in [6.07, 6.45) is 7.01. The zero-order valence-electron chi connectivity index (χ0n) is 18.8. The molecule has 8 nitrogen and oxygen atoms in total. The number of H-pyrrole nitrogens is 1. The van der Waals surface area contributed by atoms with Crippen LogP contribution in [-0.2, 0) is 17.9 Å². The first-order valence-electron chi connectivity index (χ1n) is 11.7. The van der Waals surface area contributed by atoms with Gasteiger partial charge in [-0.15, -0.1) is 0 Å². The SMILES string of the molecule is O=C(CCC1CCC1)NCc1cc2ccc(CNC(=O)c3cc(=O)n4ccccc4n3)cc2[nH]1. The second-order valence-electron chi connectivity index (χ2n) is 8.92. The fourth-order valence-electron chi connectivity index (χ4n) is 4.28. The number of amides is 2. The molecule has 3 aromatic heterocycles. The van der Waals surface area contributed by atoms with Crippen molar-refractivity contribution in [2.45, 2.75) is 45.2 Å². The van der Waals surface area contributed by atoms with Crippen molar-refractivity contribution >= 4 is 28.4 Å². The Balaban J connectivity index is 1.18. The molecule has 0 radical (unpaired) electrons. The molecule has 174 valence electrons. The van der Waals surface area contributed by atoms with E-state index in [0.29, 0.717) is 25.2 Å². The van der Waals surface area contributed by atoms with Gasteiger partial charge in [0.05, 0.1) is 6.54 Å². The smallest absolute Gasteiger partial charge is 0.270 e. The highest BCUT2D eigenvalue weighted by molar-refractivity contribution is 5.92. The fraction of sp³-hybridized carbons (Fsp3) is 0.308. The van der Waals surface area contributed by atoms with Crippen LogP contribution in [0.15, 0.2) is 59.5 Å². The van der Waals surface area contributed by atoms with Gasteiger partial charge in [0.25, 0.3) is 11.5 Å². The van der Waals surface area contributed by atoms with Crippen LogP contribution in [0, 0.1) is 5.92 Å². The van der Waals surface area contributed by atoms with Crippen LogP contribution in [0.3, 0.4) is 0 Å². The first kappa shape index (κ1) is 21.9. The molecular formula is C26H27N5O3. The summed E-state index contributed by atoms with van der Waals surface area (Å²) >= 11 is 0. The van der Waals surface area contributed by atoms with Gasteiger partial charge in [0.2, 0.25) is 5.91 Å². The molecular weight excluding hydrogens is 430 g/mol. The van der Waals surface area contributed by atoms with Crippen LogP contribution in [0.5, 0.6) is 0 Å². The summed E-state index contributed by atoms with van der Waals surface area (Å²) in [6, 6.07) is 14.4. The maximum absolute atomic E-state index is 12.6. The van der Waals surface area contributed by atoms with Crippen LogP contribution >= 0.6 is 0 Å². The molecule has 1 fully saturated rings. The number of pyridine rings is 1. The molecule has 3 N–H and O–H groups in total. The molecule has 1 aromatic carbocycles. The Morgan fingerprint density at radius 2 is 1.94 bits per heavy atom. The number of nitrogens with zero attached hydrogens (tertiary/aromatic N) is 2. The van der Waals surface area contributed by atoms with Crippen molar-refractivity contribution in [1.29, 1.82) is 0 Å². The van der Waals surface area contributed by atoms with Gasteiger partial charge in [-0.1, -0.05) is 37.5 Å². The van der Waals surface area contributed by atoms with E-state index in [4.69, 9.17) is 0 Å². The fourth-order valence-corrected chi connectivity index (χ4v) is 4.28. The zero-order chi connectivity index (χ0) is 23.5. The zero-order valence-corrected chi connectivity index (χ0v) is 18.8. The molecule has 0 atom stereocenters. The molecule has 4 aromatic rings. The predicted octanol–water partition coefficient (Wildman–Crippen LogP) is 3.30. The number of nitrogens with one attached hydrogen (secondary N) is 3. The van der Waals surface area contributed by atoms with E-state index in [2.05, 4.69) is 20.6 Å². The average Bonchev–Trinajstić information content (AvgIpc) is 3.22. The van der Waals surface area contributed by atoms with Gasteiger partial charge in [0, 0.05) is 36.4 Å². The van der Waals surface area contributed by atoms with Crippen molar-refractivity contribution < 1.29 is 9.59 Å². The monoisotopic (exact) mass is 457 g/mol. The molecule has 1 aliphatic rings. The number of rotatable bonds is 8. The standard InChI is InChI=1S/C26H27N5O3/c32-24(10-8-17-4-3-5-17)27-16-20-13-19-9-7-18(12-21(19)29-20)15-28-26(34)22-14-25(33)31-11-2-1-6-23(31)30-22/h1-2,6-7,9,11-14,17,29H,3-5,8,10,15-16H2,(H,27,32)(H,28,34). The Bertz CT molecular complexity index is 1420. The maximum Gasteiger partial charge on any atom is 0.270 e. The molecule has 0 bridgehead atoms. The van der Waals surface area contributed by atoms with Crippen LogP contribution in [0.2, 0.25) is 0 Å². The number of aromatic nitrogens is 3. The first-order valence-corrected chi connectivity index (χ1v) is 11.7. The van der Waals surface area contributed by atoms with Gasteiger partial charge in [-0.3, -0.25) is 18.8 Å². The van der Waals surface area contributed by atoms with Crippen molar-refractivity contribution in [2.75, 3.05) is 0 Å². The number of hydrogen-bond donors (Lipinski definition) is 3. The van der Waals surface area contributed by atoms with Crippen LogP contribution in [0.4, 0.5) is 0 Å². The summed E-state index contributed by atoms with van der Waals surface area (Å²) in [5.74, 6) is 0.423. The summed E-state index contributed by atoms with van der Waals surface area (Å²) < 4.78 is 1.39. The van der Waals surface area contributed by atoms with E-state index >= 15 is 0 Å². The van der Waals surface area contributed by atoms with Crippen LogP contribution < -0.4 is 16.2 Å². The van der Waals surface area contributed by atoms with Crippen LogP contribution in [0.1, 0.15) is 53.8 Å². The normalized spacial score (nSPS) is 13.6. The van der Waals surface area contributed by atoms with Gasteiger partial charge < -0.3 is 15.6 Å². The molecule has 0 saturated heterocycles. The van der Waals surface area contributed by atoms with E-state index in [1.54, 1.807) is 24.4 Å². The van der Waals surface area contributed by atoms with E-state index in [1.165, 1.54) is 29.7 Å². The Hall–Kier alpha value is -3.94. The lowest BCUT2D eigenvalue weighted by Crippen LogP contribution is -2.26. The van der Waals surface area contributed by atoms with Gasteiger partial charge >= 0.3 is 0 Å². The molecule has 0 unspecified atom stereocenters. The number of fused-ring (bicyclic) bond motifs is 2. The minimum absolute atomic E-state index is 0.0903. The van der Waals surface area contributed by atoms with Crippen LogP contribution in [-0.4, -0.2) is 26.2 Å². The topological polar surface area (TPSA) is 108 Å². The number of hydrogen-bond acceptors (Lipinski definition) is 4. The van der Waals surface area contributed by atoms with Crippen molar-refractivity contribution in [1.82, 2.24) is 25.0 Å². The number of aromatic amines is 1. The molecule has 34 heavy (non-hydrogen) atoms. The Morgan fingerprint density at radius 1 is 1.06 bits per heavy atom. The lowest BCUT2D eigenvalue weighted by molar-refractivity contribution is -0.121. The third-order valence-electron chi connectivity index (χ3n) is 6.48. The minimum atomic E-state index is -0.402. The molecule has 3 heterocycles. The summed E-state index contributed by atoms with van der Waals surface area (Å²) in [4.78, 5) is 44.5. The molecule has 1 aliphatic carbocycles. The van der Waals surface area contributed by atoms with E-state index in [9.17, 15) is 14.4 Å². The largest absolute Gasteiger partial charge is 0.357 e. The van der Waals surface area contributed by atoms with Crippen molar-refractivity contribution in [3.8, 4) is 0 Å². The Labute approximate surface area is 196 Å². The van der Waals surface area contributed by atoms with Crippen molar-refractivity contribution in [2.24, 2.45) is 5.92 Å². The van der Waals surface area contributed by atoms with Gasteiger partial charge in [0.1, 0.15) is 11.3 Å². The highest BCUT2D eigenvalue weighted by atomic mass is 16.2. The summed E-state index contributed by atoms with van der Waals surface area (Å²) in [5, 5.41) is 6.86. The maximum atomic E-state index is 12.6. The number of carbonyl (C=O) groups is 2. The molecule has 8 heteroatoms. The Morgan fingerprint density at radius 3 is 2.76 bits per heavy atom. The van der Waals surface area contributed by atoms with E-state index in [1.807, 2.05) is 24.3 Å². The number of carbonyl (C=O) groups excluding carboxylic acids is 2. The van der Waals surface area contributed by atoms with Gasteiger partial charge in [-0.25, -0.2) is 4.98 Å². The van der Waals surface area contributed by atoms with Gasteiger partial charge in [-0.05, 0) is 47.6 Å². The quantitative estimate of drug-likeness (QED) is 0.377. The third-order valence-corrected chi connectivity index (χ3v) is 6.48. The van der Waals surface area contributed by atoms with E-state index in [0.717, 1.165) is 34.5 Å². The summed E-state index contributed by atoms with van der Waals surface area (Å²) in [6.45, 7) is 0.768. The molecule has 5 rings (SSSR count). The lowest BCUT2D eigenvalue weighted by atomic mass is 9.82. The highest BCUT2D eigenvalue weighted by Gasteiger charge is 2.18. The molecule has 0 spiro atoms. The first-order chi connectivity index (χ1) is 16.5. The summed E-state index contributed by atoms with van der Waals surface area (Å²) in [7, 11) is 0. The predicted molar refractivity (Wildman–Crippen MR) is 129 cm³/mol. The molecule has 0 aliphatic heterocycles. The lowest BCUT2D eigenvalue weighted by Gasteiger charge is -2.24. The van der Waals surface area contributed by atoms with Crippen LogP contribution in [0.25, 0.3) is 16.6 Å². The molecule has 1 saturated carbocycles. The third kappa shape index (κ3) is 4.85. The second kappa shape index (κ2) is 9.51. The number of benzene rings is 1. The van der Waals surface area contributed by atoms with E-state index in [-0.39, 0.29) is 17.2 Å². The second-order valence-corrected chi connectivity index (χ2v) is 8.92.